The molecule has 0 radical (unpaired) electrons. The first-order valence-corrected chi connectivity index (χ1v) is 7.92. The van der Waals surface area contributed by atoms with E-state index in [-0.39, 0.29) is 24.3 Å². The van der Waals surface area contributed by atoms with Crippen molar-refractivity contribution in [2.75, 3.05) is 6.61 Å². The Morgan fingerprint density at radius 3 is 2.48 bits per heavy atom. The Kier molecular flexibility index (Phi) is 5.39. The van der Waals surface area contributed by atoms with Gasteiger partial charge in [0.25, 0.3) is 0 Å². The average molecular weight is 355 g/mol. The summed E-state index contributed by atoms with van der Waals surface area (Å²) in [6.45, 7) is 4.09. The summed E-state index contributed by atoms with van der Waals surface area (Å²) in [4.78, 5) is 23.7. The summed E-state index contributed by atoms with van der Waals surface area (Å²) in [7, 11) is 0. The van der Waals surface area contributed by atoms with Crippen molar-refractivity contribution < 1.29 is 19.1 Å². The van der Waals surface area contributed by atoms with Crippen LogP contribution in [-0.2, 0) is 19.1 Å². The van der Waals surface area contributed by atoms with E-state index in [1.165, 1.54) is 0 Å². The molecule has 0 spiro atoms. The molecule has 114 valence electrons. The Morgan fingerprint density at radius 1 is 1.33 bits per heavy atom. The lowest BCUT2D eigenvalue weighted by Gasteiger charge is -2.18. The Morgan fingerprint density at radius 2 is 1.95 bits per heavy atom. The van der Waals surface area contributed by atoms with Gasteiger partial charge in [0.1, 0.15) is 6.10 Å². The third-order valence-corrected chi connectivity index (χ3v) is 4.10. The topological polar surface area (TPSA) is 52.6 Å². The number of carbonyl (C=O) groups excluding carboxylic acids is 2. The zero-order chi connectivity index (χ0) is 15.4. The lowest BCUT2D eigenvalue weighted by Crippen LogP contribution is -2.18. The molecule has 0 amide bonds. The molecular weight excluding hydrogens is 336 g/mol. The number of halogens is 1. The van der Waals surface area contributed by atoms with Gasteiger partial charge in [-0.3, -0.25) is 9.59 Å². The molecule has 3 atom stereocenters. The minimum atomic E-state index is -0.586. The molecular formula is C16H19BrO4. The summed E-state index contributed by atoms with van der Waals surface area (Å²) in [6, 6.07) is 7.41. The lowest BCUT2D eigenvalue weighted by atomic mass is 10.1. The molecule has 1 aliphatic carbocycles. The van der Waals surface area contributed by atoms with Gasteiger partial charge in [0, 0.05) is 4.47 Å². The number of benzene rings is 1. The maximum absolute atomic E-state index is 12.0. The molecule has 1 fully saturated rings. The van der Waals surface area contributed by atoms with E-state index in [1.807, 2.05) is 31.2 Å². The van der Waals surface area contributed by atoms with Crippen molar-refractivity contribution in [1.82, 2.24) is 0 Å². The van der Waals surface area contributed by atoms with E-state index in [9.17, 15) is 9.59 Å². The zero-order valence-electron chi connectivity index (χ0n) is 12.2. The van der Waals surface area contributed by atoms with Crippen LogP contribution in [0.25, 0.3) is 0 Å². The number of esters is 2. The molecule has 0 N–H and O–H groups in total. The molecule has 4 nitrogen and oxygen atoms in total. The van der Waals surface area contributed by atoms with Crippen LogP contribution in [0, 0.1) is 11.8 Å². The fourth-order valence-electron chi connectivity index (χ4n) is 2.15. The van der Waals surface area contributed by atoms with Crippen molar-refractivity contribution in [3.8, 4) is 0 Å². The van der Waals surface area contributed by atoms with Gasteiger partial charge in [-0.1, -0.05) is 35.0 Å². The second kappa shape index (κ2) is 7.07. The molecule has 1 aromatic rings. The van der Waals surface area contributed by atoms with Crippen molar-refractivity contribution in [2.24, 2.45) is 11.8 Å². The molecule has 0 heterocycles. The quantitative estimate of drug-likeness (QED) is 0.731. The van der Waals surface area contributed by atoms with E-state index in [1.54, 1.807) is 6.92 Å². The SMILES string of the molecule is CCOC(=O)C[C@H](OC(=O)[C@H]1C[C@H]1C)c1ccc(Br)cc1. The third kappa shape index (κ3) is 4.56. The highest BCUT2D eigenvalue weighted by Gasteiger charge is 2.41. The van der Waals surface area contributed by atoms with Crippen LogP contribution in [0.3, 0.4) is 0 Å². The Bertz CT molecular complexity index is 512. The van der Waals surface area contributed by atoms with E-state index in [0.717, 1.165) is 16.5 Å². The van der Waals surface area contributed by atoms with Gasteiger partial charge in [0.15, 0.2) is 0 Å². The van der Waals surface area contributed by atoms with Gasteiger partial charge < -0.3 is 9.47 Å². The molecule has 0 saturated heterocycles. The van der Waals surface area contributed by atoms with Crippen molar-refractivity contribution in [3.63, 3.8) is 0 Å². The minimum Gasteiger partial charge on any atom is -0.466 e. The Hall–Kier alpha value is -1.36. The maximum atomic E-state index is 12.0. The van der Waals surface area contributed by atoms with Gasteiger partial charge in [-0.2, -0.15) is 0 Å². The molecule has 2 rings (SSSR count). The predicted molar refractivity (Wildman–Crippen MR) is 81.5 cm³/mol. The molecule has 5 heteroatoms. The highest BCUT2D eigenvalue weighted by molar-refractivity contribution is 9.10. The largest absolute Gasteiger partial charge is 0.466 e. The molecule has 0 unspecified atom stereocenters. The molecule has 21 heavy (non-hydrogen) atoms. The van der Waals surface area contributed by atoms with Crippen LogP contribution in [0.2, 0.25) is 0 Å². The Labute approximate surface area is 132 Å². The highest BCUT2D eigenvalue weighted by Crippen LogP contribution is 2.40. The molecule has 0 bridgehead atoms. The van der Waals surface area contributed by atoms with E-state index in [4.69, 9.17) is 9.47 Å². The van der Waals surface area contributed by atoms with E-state index < -0.39 is 6.10 Å². The standard InChI is InChI=1S/C16H19BrO4/c1-3-20-15(18)9-14(11-4-6-12(17)7-5-11)21-16(19)13-8-10(13)2/h4-7,10,13-14H,3,8-9H2,1-2H3/t10-,13+,14+/m1/s1. The first kappa shape index (κ1) is 16.0. The summed E-state index contributed by atoms with van der Waals surface area (Å²) in [6.07, 6.45) is 0.325. The van der Waals surface area contributed by atoms with E-state index >= 15 is 0 Å². The van der Waals surface area contributed by atoms with Gasteiger partial charge in [-0.15, -0.1) is 0 Å². The average Bonchev–Trinajstić information content (AvgIpc) is 3.16. The second-order valence-corrected chi connectivity index (χ2v) is 6.22. The number of hydrogen-bond acceptors (Lipinski definition) is 4. The van der Waals surface area contributed by atoms with Crippen molar-refractivity contribution >= 4 is 27.9 Å². The molecule has 1 aromatic carbocycles. The summed E-state index contributed by atoms with van der Waals surface area (Å²) >= 11 is 3.36. The van der Waals surface area contributed by atoms with Crippen LogP contribution in [-0.4, -0.2) is 18.5 Å². The zero-order valence-corrected chi connectivity index (χ0v) is 13.8. The van der Waals surface area contributed by atoms with Gasteiger partial charge in [0.2, 0.25) is 0 Å². The Balaban J connectivity index is 2.07. The van der Waals surface area contributed by atoms with Crippen LogP contribution >= 0.6 is 15.9 Å². The van der Waals surface area contributed by atoms with Crippen LogP contribution in [0.1, 0.15) is 38.4 Å². The van der Waals surface area contributed by atoms with E-state index in [0.29, 0.717) is 12.5 Å². The van der Waals surface area contributed by atoms with Crippen molar-refractivity contribution in [3.05, 3.63) is 34.3 Å². The summed E-state index contributed by atoms with van der Waals surface area (Å²) in [5.74, 6) is -0.224. The summed E-state index contributed by atoms with van der Waals surface area (Å²) in [5.41, 5.74) is 0.799. The van der Waals surface area contributed by atoms with Crippen molar-refractivity contribution in [2.45, 2.75) is 32.8 Å². The normalized spacial score (nSPS) is 21.5. The van der Waals surface area contributed by atoms with Gasteiger partial charge in [-0.25, -0.2) is 0 Å². The maximum Gasteiger partial charge on any atom is 0.309 e. The second-order valence-electron chi connectivity index (χ2n) is 5.31. The van der Waals surface area contributed by atoms with Gasteiger partial charge >= 0.3 is 11.9 Å². The first-order chi connectivity index (χ1) is 10.0. The molecule has 1 saturated carbocycles. The van der Waals surface area contributed by atoms with Gasteiger partial charge in [0.05, 0.1) is 18.9 Å². The number of ether oxygens (including phenoxy) is 2. The number of carbonyl (C=O) groups is 2. The summed E-state index contributed by atoms with van der Waals surface area (Å²) in [5, 5.41) is 0. The molecule has 0 aliphatic heterocycles. The monoisotopic (exact) mass is 354 g/mol. The lowest BCUT2D eigenvalue weighted by molar-refractivity contribution is -0.156. The molecule has 0 aromatic heterocycles. The van der Waals surface area contributed by atoms with Crippen LogP contribution in [0.4, 0.5) is 0 Å². The summed E-state index contributed by atoms with van der Waals surface area (Å²) < 4.78 is 11.4. The smallest absolute Gasteiger partial charge is 0.309 e. The fourth-order valence-corrected chi connectivity index (χ4v) is 2.42. The molecule has 1 aliphatic rings. The fraction of sp³-hybridized carbons (Fsp3) is 0.500. The van der Waals surface area contributed by atoms with Crippen molar-refractivity contribution in [1.29, 1.82) is 0 Å². The van der Waals surface area contributed by atoms with Gasteiger partial charge in [-0.05, 0) is 37.0 Å². The number of hydrogen-bond donors (Lipinski definition) is 0. The highest BCUT2D eigenvalue weighted by atomic mass is 79.9. The van der Waals surface area contributed by atoms with Crippen LogP contribution in [0.15, 0.2) is 28.7 Å². The predicted octanol–water partition coefficient (Wildman–Crippen LogP) is 3.64. The first-order valence-electron chi connectivity index (χ1n) is 7.12. The third-order valence-electron chi connectivity index (χ3n) is 3.57. The minimum absolute atomic E-state index is 0.0230. The van der Waals surface area contributed by atoms with Crippen LogP contribution in [0.5, 0.6) is 0 Å². The van der Waals surface area contributed by atoms with E-state index in [2.05, 4.69) is 15.9 Å². The van der Waals surface area contributed by atoms with Crippen LogP contribution < -0.4 is 0 Å². The number of rotatable bonds is 6.